The Bertz CT molecular complexity index is 425. The zero-order valence-electron chi connectivity index (χ0n) is 12.3. The highest BCUT2D eigenvalue weighted by Gasteiger charge is 2.16. The van der Waals surface area contributed by atoms with Gasteiger partial charge in [-0.1, -0.05) is 0 Å². The molecule has 20 heavy (non-hydrogen) atoms. The van der Waals surface area contributed by atoms with E-state index < -0.39 is 0 Å². The molecule has 1 saturated heterocycles. The normalized spacial score (nSPS) is 16.9. The first kappa shape index (κ1) is 14.8. The van der Waals surface area contributed by atoms with Crippen LogP contribution in [0.15, 0.2) is 18.3 Å². The average molecular weight is 277 g/mol. The molecule has 1 N–H and O–H groups in total. The number of ether oxygens (including phenoxy) is 1. The fraction of sp³-hybridized carbons (Fsp3) is 0.600. The molecular formula is C15H23N3O2. The quantitative estimate of drug-likeness (QED) is 0.834. The number of pyridine rings is 1. The molecule has 0 aromatic carbocycles. The number of hydrogen-bond acceptors (Lipinski definition) is 5. The third-order valence-corrected chi connectivity index (χ3v) is 3.68. The lowest BCUT2D eigenvalue weighted by atomic mass is 9.97. The summed E-state index contributed by atoms with van der Waals surface area (Å²) in [6.45, 7) is 5.46. The van der Waals surface area contributed by atoms with Crippen molar-refractivity contribution in [3.8, 4) is 0 Å². The highest BCUT2D eigenvalue weighted by molar-refractivity contribution is 5.89. The number of rotatable bonds is 5. The summed E-state index contributed by atoms with van der Waals surface area (Å²) in [4.78, 5) is 18.1. The summed E-state index contributed by atoms with van der Waals surface area (Å²) in [5.74, 6) is 1.21. The minimum Gasteiger partial charge on any atom is -0.462 e. The van der Waals surface area contributed by atoms with Crippen molar-refractivity contribution in [1.29, 1.82) is 0 Å². The van der Waals surface area contributed by atoms with E-state index in [0.29, 0.717) is 18.1 Å². The number of hydrogen-bond donors (Lipinski definition) is 1. The second kappa shape index (κ2) is 7.24. The minimum atomic E-state index is -0.318. The van der Waals surface area contributed by atoms with Crippen LogP contribution in [0.4, 0.5) is 5.82 Å². The van der Waals surface area contributed by atoms with Gasteiger partial charge in [0.15, 0.2) is 0 Å². The van der Waals surface area contributed by atoms with Gasteiger partial charge in [-0.05, 0) is 58.0 Å². The number of esters is 1. The molecule has 1 aromatic rings. The first-order valence-corrected chi connectivity index (χ1v) is 7.24. The standard InChI is InChI=1S/C15H23N3O2/c1-3-20-15(19)13-4-5-14(17-11-13)16-10-12-6-8-18(2)9-7-12/h4-5,11-12H,3,6-10H2,1-2H3,(H,16,17). The molecule has 1 fully saturated rings. The van der Waals surface area contributed by atoms with E-state index in [0.717, 1.165) is 12.4 Å². The first-order valence-electron chi connectivity index (χ1n) is 7.24. The minimum absolute atomic E-state index is 0.318. The molecule has 0 unspecified atom stereocenters. The van der Waals surface area contributed by atoms with Crippen molar-refractivity contribution >= 4 is 11.8 Å². The highest BCUT2D eigenvalue weighted by atomic mass is 16.5. The van der Waals surface area contributed by atoms with Crippen LogP contribution in [0, 0.1) is 5.92 Å². The van der Waals surface area contributed by atoms with Crippen LogP contribution in [-0.2, 0) is 4.74 Å². The summed E-state index contributed by atoms with van der Waals surface area (Å²) in [5, 5.41) is 3.35. The number of nitrogens with zero attached hydrogens (tertiary/aromatic N) is 2. The fourth-order valence-electron chi connectivity index (χ4n) is 2.35. The van der Waals surface area contributed by atoms with Gasteiger partial charge in [-0.3, -0.25) is 0 Å². The van der Waals surface area contributed by atoms with E-state index in [1.54, 1.807) is 19.2 Å². The Hall–Kier alpha value is -1.62. The van der Waals surface area contributed by atoms with E-state index >= 15 is 0 Å². The van der Waals surface area contributed by atoms with Gasteiger partial charge in [0.05, 0.1) is 12.2 Å². The second-order valence-corrected chi connectivity index (χ2v) is 5.28. The van der Waals surface area contributed by atoms with Crippen molar-refractivity contribution in [2.24, 2.45) is 5.92 Å². The van der Waals surface area contributed by atoms with Crippen LogP contribution < -0.4 is 5.32 Å². The molecule has 0 saturated carbocycles. The topological polar surface area (TPSA) is 54.5 Å². The van der Waals surface area contributed by atoms with Crippen LogP contribution in [0.1, 0.15) is 30.1 Å². The van der Waals surface area contributed by atoms with Crippen LogP contribution >= 0.6 is 0 Å². The van der Waals surface area contributed by atoms with Gasteiger partial charge in [0.25, 0.3) is 0 Å². The van der Waals surface area contributed by atoms with Crippen LogP contribution in [-0.4, -0.2) is 49.1 Å². The molecule has 0 spiro atoms. The predicted octanol–water partition coefficient (Wildman–Crippen LogP) is 2.01. The smallest absolute Gasteiger partial charge is 0.339 e. The van der Waals surface area contributed by atoms with E-state index in [9.17, 15) is 4.79 Å². The first-order chi connectivity index (χ1) is 9.69. The van der Waals surface area contributed by atoms with Crippen molar-refractivity contribution < 1.29 is 9.53 Å². The molecule has 0 bridgehead atoms. The third kappa shape index (κ3) is 4.20. The maximum Gasteiger partial charge on any atom is 0.339 e. The van der Waals surface area contributed by atoms with Gasteiger partial charge in [-0.25, -0.2) is 9.78 Å². The third-order valence-electron chi connectivity index (χ3n) is 3.68. The molecule has 0 aliphatic carbocycles. The Morgan fingerprint density at radius 1 is 1.45 bits per heavy atom. The molecule has 1 aliphatic heterocycles. The van der Waals surface area contributed by atoms with Gasteiger partial charge in [0.2, 0.25) is 0 Å². The summed E-state index contributed by atoms with van der Waals surface area (Å²) in [7, 11) is 2.17. The number of aromatic nitrogens is 1. The molecular weight excluding hydrogens is 254 g/mol. The lowest BCUT2D eigenvalue weighted by molar-refractivity contribution is 0.0526. The Morgan fingerprint density at radius 2 is 2.20 bits per heavy atom. The molecule has 5 heteroatoms. The van der Waals surface area contributed by atoms with E-state index in [1.807, 2.05) is 6.07 Å². The van der Waals surface area contributed by atoms with E-state index in [4.69, 9.17) is 4.74 Å². The number of anilines is 1. The van der Waals surface area contributed by atoms with Gasteiger partial charge in [-0.15, -0.1) is 0 Å². The number of likely N-dealkylation sites (tertiary alicyclic amines) is 1. The molecule has 0 amide bonds. The van der Waals surface area contributed by atoms with Gasteiger partial charge >= 0.3 is 5.97 Å². The molecule has 2 rings (SSSR count). The summed E-state index contributed by atoms with van der Waals surface area (Å²) in [5.41, 5.74) is 0.497. The van der Waals surface area contributed by atoms with E-state index in [2.05, 4.69) is 22.2 Å². The van der Waals surface area contributed by atoms with Crippen molar-refractivity contribution in [1.82, 2.24) is 9.88 Å². The largest absolute Gasteiger partial charge is 0.462 e. The van der Waals surface area contributed by atoms with Crippen LogP contribution in [0.2, 0.25) is 0 Å². The number of carbonyl (C=O) groups is 1. The Balaban J connectivity index is 1.80. The Morgan fingerprint density at radius 3 is 2.80 bits per heavy atom. The summed E-state index contributed by atoms with van der Waals surface area (Å²) >= 11 is 0. The number of nitrogens with one attached hydrogen (secondary N) is 1. The lowest BCUT2D eigenvalue weighted by Gasteiger charge is -2.29. The zero-order valence-corrected chi connectivity index (χ0v) is 12.3. The maximum absolute atomic E-state index is 11.5. The van der Waals surface area contributed by atoms with E-state index in [-0.39, 0.29) is 5.97 Å². The van der Waals surface area contributed by atoms with Crippen molar-refractivity contribution in [3.63, 3.8) is 0 Å². The van der Waals surface area contributed by atoms with Crippen LogP contribution in [0.3, 0.4) is 0 Å². The van der Waals surface area contributed by atoms with Crippen LogP contribution in [0.25, 0.3) is 0 Å². The molecule has 110 valence electrons. The second-order valence-electron chi connectivity index (χ2n) is 5.28. The van der Waals surface area contributed by atoms with Gasteiger partial charge in [-0.2, -0.15) is 0 Å². The fourth-order valence-corrected chi connectivity index (χ4v) is 2.35. The maximum atomic E-state index is 11.5. The summed E-state index contributed by atoms with van der Waals surface area (Å²) in [6, 6.07) is 3.59. The molecule has 1 aliphatic rings. The molecule has 0 atom stereocenters. The lowest BCUT2D eigenvalue weighted by Crippen LogP contribution is -2.33. The van der Waals surface area contributed by atoms with Crippen molar-refractivity contribution in [2.75, 3.05) is 38.6 Å². The van der Waals surface area contributed by atoms with Gasteiger partial charge < -0.3 is 15.0 Å². The van der Waals surface area contributed by atoms with Gasteiger partial charge in [0.1, 0.15) is 5.82 Å². The SMILES string of the molecule is CCOC(=O)c1ccc(NCC2CCN(C)CC2)nc1. The average Bonchev–Trinajstić information content (AvgIpc) is 2.47. The van der Waals surface area contributed by atoms with Crippen molar-refractivity contribution in [3.05, 3.63) is 23.9 Å². The summed E-state index contributed by atoms with van der Waals surface area (Å²) in [6.07, 6.45) is 4.02. The number of carbonyl (C=O) groups excluding carboxylic acids is 1. The van der Waals surface area contributed by atoms with Gasteiger partial charge in [0, 0.05) is 12.7 Å². The Kier molecular flexibility index (Phi) is 5.35. The predicted molar refractivity (Wildman–Crippen MR) is 78.9 cm³/mol. The van der Waals surface area contributed by atoms with Crippen LogP contribution in [0.5, 0.6) is 0 Å². The van der Waals surface area contributed by atoms with Crippen molar-refractivity contribution in [2.45, 2.75) is 19.8 Å². The summed E-state index contributed by atoms with van der Waals surface area (Å²) < 4.78 is 4.93. The Labute approximate surface area is 120 Å². The van der Waals surface area contributed by atoms with E-state index in [1.165, 1.54) is 25.9 Å². The molecule has 2 heterocycles. The highest BCUT2D eigenvalue weighted by Crippen LogP contribution is 2.16. The number of piperidine rings is 1. The molecule has 5 nitrogen and oxygen atoms in total. The molecule has 1 aromatic heterocycles. The molecule has 0 radical (unpaired) electrons. The monoisotopic (exact) mass is 277 g/mol. The zero-order chi connectivity index (χ0) is 14.4.